The van der Waals surface area contributed by atoms with Crippen LogP contribution in [0.1, 0.15) is 39.5 Å². The molecule has 0 spiro atoms. The number of carbonyl (C=O) groups excluding carboxylic acids is 1. The number of piperidine rings is 1. The molecule has 2 aliphatic heterocycles. The van der Waals surface area contributed by atoms with Gasteiger partial charge in [-0.25, -0.2) is 9.59 Å². The molecule has 2 saturated heterocycles. The summed E-state index contributed by atoms with van der Waals surface area (Å²) in [5.41, 5.74) is 0. The van der Waals surface area contributed by atoms with E-state index in [1.807, 2.05) is 9.80 Å². The molecule has 1 N–H and O–H groups in total. The smallest absolute Gasteiger partial charge is 0.329 e. The number of rotatable bonds is 4. The van der Waals surface area contributed by atoms with Crippen molar-refractivity contribution in [1.29, 1.82) is 0 Å². The minimum absolute atomic E-state index is 0.0374. The van der Waals surface area contributed by atoms with Crippen LogP contribution in [0, 0.1) is 5.92 Å². The molecule has 6 heteroatoms. The first-order chi connectivity index (χ1) is 9.99. The van der Waals surface area contributed by atoms with Crippen molar-refractivity contribution in [3.05, 3.63) is 0 Å². The summed E-state index contributed by atoms with van der Waals surface area (Å²) in [6.07, 6.45) is 3.59. The minimum atomic E-state index is -0.939. The predicted octanol–water partition coefficient (Wildman–Crippen LogP) is 1.79. The van der Waals surface area contributed by atoms with Gasteiger partial charge < -0.3 is 19.6 Å². The Kier molecular flexibility index (Phi) is 5.45. The molecule has 0 aromatic heterocycles. The van der Waals surface area contributed by atoms with E-state index in [4.69, 9.17) is 9.84 Å². The summed E-state index contributed by atoms with van der Waals surface area (Å²) < 4.78 is 5.31. The second-order valence-corrected chi connectivity index (χ2v) is 6.32. The molecule has 2 amide bonds. The van der Waals surface area contributed by atoms with E-state index in [1.54, 1.807) is 0 Å². The molecule has 0 aliphatic carbocycles. The summed E-state index contributed by atoms with van der Waals surface area (Å²) >= 11 is 0. The van der Waals surface area contributed by atoms with Crippen LogP contribution in [0.15, 0.2) is 0 Å². The molecule has 0 aromatic carbocycles. The highest BCUT2D eigenvalue weighted by molar-refractivity contribution is 5.75. The van der Waals surface area contributed by atoms with E-state index >= 15 is 0 Å². The lowest BCUT2D eigenvalue weighted by atomic mass is 10.0. The summed E-state index contributed by atoms with van der Waals surface area (Å²) in [4.78, 5) is 27.0. The average Bonchev–Trinajstić information content (AvgIpc) is 2.94. The Morgan fingerprint density at radius 2 is 1.86 bits per heavy atom. The summed E-state index contributed by atoms with van der Waals surface area (Å²) in [6, 6.07) is 0.501. The zero-order valence-corrected chi connectivity index (χ0v) is 13.0. The summed E-state index contributed by atoms with van der Waals surface area (Å²) in [7, 11) is 0. The summed E-state index contributed by atoms with van der Waals surface area (Å²) in [5.74, 6) is -0.446. The SMILES string of the molecule is CC(C)C1CCCN1C(=O)N1CCC(OCC(=O)O)CC1. The second-order valence-electron chi connectivity index (χ2n) is 6.32. The molecule has 6 nitrogen and oxygen atoms in total. The van der Waals surface area contributed by atoms with Gasteiger partial charge in [0.25, 0.3) is 0 Å². The Bertz CT molecular complexity index is 378. The fraction of sp³-hybridized carbons (Fsp3) is 0.867. The van der Waals surface area contributed by atoms with Crippen LogP contribution in [0.25, 0.3) is 0 Å². The Morgan fingerprint density at radius 3 is 2.43 bits per heavy atom. The molecule has 0 bridgehead atoms. The molecule has 2 aliphatic rings. The highest BCUT2D eigenvalue weighted by Gasteiger charge is 2.34. The van der Waals surface area contributed by atoms with Gasteiger partial charge in [-0.05, 0) is 31.6 Å². The van der Waals surface area contributed by atoms with Gasteiger partial charge in [-0.2, -0.15) is 0 Å². The van der Waals surface area contributed by atoms with Gasteiger partial charge in [0.1, 0.15) is 6.61 Å². The molecule has 0 radical (unpaired) electrons. The Labute approximate surface area is 126 Å². The van der Waals surface area contributed by atoms with Crippen LogP contribution in [0.4, 0.5) is 4.79 Å². The third-order valence-corrected chi connectivity index (χ3v) is 4.47. The molecule has 1 unspecified atom stereocenters. The van der Waals surface area contributed by atoms with Crippen molar-refractivity contribution in [3.63, 3.8) is 0 Å². The molecular formula is C15H26N2O4. The van der Waals surface area contributed by atoms with Crippen LogP contribution in [-0.4, -0.2) is 65.3 Å². The molecule has 1 atom stereocenters. The standard InChI is InChI=1S/C15H26N2O4/c1-11(2)13-4-3-7-17(13)15(20)16-8-5-12(6-9-16)21-10-14(18)19/h11-13H,3-10H2,1-2H3,(H,18,19). The van der Waals surface area contributed by atoms with Crippen molar-refractivity contribution in [2.75, 3.05) is 26.2 Å². The highest BCUT2D eigenvalue weighted by atomic mass is 16.5. The number of aliphatic carboxylic acids is 1. The normalized spacial score (nSPS) is 23.9. The number of amides is 2. The van der Waals surface area contributed by atoms with Gasteiger partial charge in [-0.1, -0.05) is 13.8 Å². The van der Waals surface area contributed by atoms with Crippen molar-refractivity contribution in [2.45, 2.75) is 51.7 Å². The molecule has 2 rings (SSSR count). The highest BCUT2D eigenvalue weighted by Crippen LogP contribution is 2.26. The van der Waals surface area contributed by atoms with Crippen LogP contribution in [0.2, 0.25) is 0 Å². The number of carboxylic acid groups (broad SMARTS) is 1. The molecular weight excluding hydrogens is 272 g/mol. The number of nitrogens with zero attached hydrogens (tertiary/aromatic N) is 2. The fourth-order valence-corrected chi connectivity index (χ4v) is 3.31. The second kappa shape index (κ2) is 7.11. The van der Waals surface area contributed by atoms with Crippen molar-refractivity contribution in [2.24, 2.45) is 5.92 Å². The Morgan fingerprint density at radius 1 is 1.19 bits per heavy atom. The Hall–Kier alpha value is -1.30. The zero-order chi connectivity index (χ0) is 15.4. The first kappa shape index (κ1) is 16.1. The van der Waals surface area contributed by atoms with E-state index in [2.05, 4.69) is 13.8 Å². The van der Waals surface area contributed by atoms with Crippen LogP contribution >= 0.6 is 0 Å². The predicted molar refractivity (Wildman–Crippen MR) is 78.1 cm³/mol. The maximum absolute atomic E-state index is 12.6. The first-order valence-electron chi connectivity index (χ1n) is 7.88. The van der Waals surface area contributed by atoms with Gasteiger partial charge >= 0.3 is 12.0 Å². The third kappa shape index (κ3) is 4.09. The van der Waals surface area contributed by atoms with Gasteiger partial charge in [-0.15, -0.1) is 0 Å². The number of carboxylic acids is 1. The summed E-state index contributed by atoms with van der Waals surface area (Å²) in [6.45, 7) is 6.26. The molecule has 21 heavy (non-hydrogen) atoms. The lowest BCUT2D eigenvalue weighted by Gasteiger charge is -2.37. The topological polar surface area (TPSA) is 70.1 Å². The monoisotopic (exact) mass is 298 g/mol. The molecule has 2 fully saturated rings. The first-order valence-corrected chi connectivity index (χ1v) is 7.88. The Balaban J connectivity index is 1.81. The van der Waals surface area contributed by atoms with Gasteiger partial charge in [-0.3, -0.25) is 0 Å². The maximum Gasteiger partial charge on any atom is 0.329 e. The van der Waals surface area contributed by atoms with Gasteiger partial charge in [0.2, 0.25) is 0 Å². The molecule has 2 heterocycles. The van der Waals surface area contributed by atoms with Crippen molar-refractivity contribution in [3.8, 4) is 0 Å². The third-order valence-electron chi connectivity index (χ3n) is 4.47. The average molecular weight is 298 g/mol. The number of hydrogen-bond acceptors (Lipinski definition) is 3. The van der Waals surface area contributed by atoms with Gasteiger partial charge in [0.15, 0.2) is 0 Å². The zero-order valence-electron chi connectivity index (χ0n) is 13.0. The van der Waals surface area contributed by atoms with Crippen molar-refractivity contribution in [1.82, 2.24) is 9.80 Å². The van der Waals surface area contributed by atoms with Crippen LogP contribution in [0.5, 0.6) is 0 Å². The van der Waals surface area contributed by atoms with E-state index in [1.165, 1.54) is 0 Å². The molecule has 0 aromatic rings. The van der Waals surface area contributed by atoms with Crippen LogP contribution in [0.3, 0.4) is 0 Å². The van der Waals surface area contributed by atoms with E-state index in [0.29, 0.717) is 25.0 Å². The largest absolute Gasteiger partial charge is 0.480 e. The van der Waals surface area contributed by atoms with E-state index in [0.717, 1.165) is 32.2 Å². The lowest BCUT2D eigenvalue weighted by Crippen LogP contribution is -2.50. The number of hydrogen-bond donors (Lipinski definition) is 1. The van der Waals surface area contributed by atoms with E-state index in [9.17, 15) is 9.59 Å². The van der Waals surface area contributed by atoms with E-state index < -0.39 is 5.97 Å². The number of ether oxygens (including phenoxy) is 1. The van der Waals surface area contributed by atoms with Gasteiger partial charge in [0, 0.05) is 25.7 Å². The number of carbonyl (C=O) groups is 2. The quantitative estimate of drug-likeness (QED) is 0.859. The van der Waals surface area contributed by atoms with Gasteiger partial charge in [0.05, 0.1) is 6.10 Å². The number of urea groups is 1. The van der Waals surface area contributed by atoms with Crippen molar-refractivity contribution >= 4 is 12.0 Å². The summed E-state index contributed by atoms with van der Waals surface area (Å²) in [5, 5.41) is 8.61. The molecule has 120 valence electrons. The molecule has 0 saturated carbocycles. The fourth-order valence-electron chi connectivity index (χ4n) is 3.31. The van der Waals surface area contributed by atoms with Crippen LogP contribution in [-0.2, 0) is 9.53 Å². The van der Waals surface area contributed by atoms with Crippen LogP contribution < -0.4 is 0 Å². The maximum atomic E-state index is 12.6. The minimum Gasteiger partial charge on any atom is -0.480 e. The van der Waals surface area contributed by atoms with E-state index in [-0.39, 0.29) is 18.7 Å². The number of likely N-dealkylation sites (tertiary alicyclic amines) is 2. The lowest BCUT2D eigenvalue weighted by molar-refractivity contribution is -0.145. The van der Waals surface area contributed by atoms with Crippen molar-refractivity contribution < 1.29 is 19.4 Å².